The molecule has 11 nitrogen and oxygen atoms in total. The number of nitrogens with zero attached hydrogens (tertiary/aromatic N) is 2. The van der Waals surface area contributed by atoms with Crippen LogP contribution in [0.4, 0.5) is 10.5 Å². The smallest absolute Gasteiger partial charge is 0.408 e. The highest BCUT2D eigenvalue weighted by molar-refractivity contribution is 7.99. The van der Waals surface area contributed by atoms with Crippen LogP contribution in [0, 0.1) is 5.21 Å². The lowest BCUT2D eigenvalue weighted by atomic mass is 10.0. The molecule has 2 aliphatic heterocycles. The predicted octanol–water partition coefficient (Wildman–Crippen LogP) is 4.71. The Kier molecular flexibility index (Phi) is 10.1. The lowest BCUT2D eigenvalue weighted by Crippen LogP contribution is -2.42. The third-order valence-electron chi connectivity index (χ3n) is 7.90. The number of hydrogen-bond donors (Lipinski definition) is 2. The van der Waals surface area contributed by atoms with Crippen molar-refractivity contribution in [3.05, 3.63) is 131 Å². The van der Waals surface area contributed by atoms with Crippen molar-refractivity contribution in [2.24, 2.45) is 0 Å². The van der Waals surface area contributed by atoms with E-state index in [1.165, 1.54) is 18.0 Å². The van der Waals surface area contributed by atoms with E-state index in [0.29, 0.717) is 28.5 Å². The standard InChI is InChI=1S/C35H33N3O8S/c39-20-23-9-11-25(12-10-23)30-18-28(22-47-32-8-4-5-17-37(32)43)45-34(46-30)26-13-15-27(16-14-26)38-31(40)19-29(33(38)41)36-35(42)44-21-24-6-2-1-3-7-24/h1-17,28-30,34,39H,18-22H2,(H,36,42)/t28-,29?,30+,34+/m0/s1. The second-order valence-electron chi connectivity index (χ2n) is 11.1. The number of aliphatic hydroxyl groups is 1. The van der Waals surface area contributed by atoms with Crippen LogP contribution in [-0.4, -0.2) is 40.9 Å². The SMILES string of the molecule is O=C(NC1CC(=O)N(c2ccc([C@@H]3O[C@H](CSc4cccc[n+]4[O-])C[C@H](c4ccc(CO)cc4)O3)cc2)C1=O)OCc1ccccc1. The van der Waals surface area contributed by atoms with Crippen LogP contribution in [0.2, 0.25) is 0 Å². The molecule has 4 aromatic rings. The Morgan fingerprint density at radius 1 is 0.936 bits per heavy atom. The number of aliphatic hydroxyl groups excluding tert-OH is 1. The van der Waals surface area contributed by atoms with Gasteiger partial charge in [-0.1, -0.05) is 78.5 Å². The molecule has 1 unspecified atom stereocenters. The summed E-state index contributed by atoms with van der Waals surface area (Å²) in [6, 6.07) is 27.6. The highest BCUT2D eigenvalue weighted by atomic mass is 32.2. The molecular weight excluding hydrogens is 622 g/mol. The molecule has 2 fully saturated rings. The summed E-state index contributed by atoms with van der Waals surface area (Å²) in [5.41, 5.74) is 3.55. The molecule has 2 N–H and O–H groups in total. The Bertz CT molecular complexity index is 1700. The van der Waals surface area contributed by atoms with E-state index in [0.717, 1.165) is 26.3 Å². The fourth-order valence-electron chi connectivity index (χ4n) is 5.43. The van der Waals surface area contributed by atoms with E-state index in [4.69, 9.17) is 14.2 Å². The van der Waals surface area contributed by atoms with Crippen LogP contribution in [0.25, 0.3) is 0 Å². The van der Waals surface area contributed by atoms with Crippen LogP contribution < -0.4 is 14.9 Å². The van der Waals surface area contributed by atoms with Gasteiger partial charge in [-0.25, -0.2) is 9.69 Å². The van der Waals surface area contributed by atoms with Crippen molar-refractivity contribution >= 4 is 35.4 Å². The minimum atomic E-state index is -1.04. The maximum absolute atomic E-state index is 13.2. The molecule has 3 amide bonds. The van der Waals surface area contributed by atoms with Gasteiger partial charge in [-0.05, 0) is 34.9 Å². The Balaban J connectivity index is 1.13. The zero-order chi connectivity index (χ0) is 32.8. The highest BCUT2D eigenvalue weighted by Gasteiger charge is 2.41. The number of rotatable bonds is 10. The Morgan fingerprint density at radius 3 is 2.38 bits per heavy atom. The molecule has 47 heavy (non-hydrogen) atoms. The van der Waals surface area contributed by atoms with Gasteiger partial charge in [0.2, 0.25) is 5.91 Å². The molecule has 242 valence electrons. The predicted molar refractivity (Wildman–Crippen MR) is 172 cm³/mol. The number of pyridine rings is 1. The van der Waals surface area contributed by atoms with Gasteiger partial charge in [-0.2, -0.15) is 4.73 Å². The second-order valence-corrected chi connectivity index (χ2v) is 12.2. The van der Waals surface area contributed by atoms with Crippen molar-refractivity contribution in [3.8, 4) is 0 Å². The summed E-state index contributed by atoms with van der Waals surface area (Å²) >= 11 is 1.40. The number of carbonyl (C=O) groups is 3. The van der Waals surface area contributed by atoms with Gasteiger partial charge in [0.1, 0.15) is 12.6 Å². The van der Waals surface area contributed by atoms with Gasteiger partial charge in [0.05, 0.1) is 30.9 Å². The molecule has 0 radical (unpaired) electrons. The number of imide groups is 1. The molecule has 0 aliphatic carbocycles. The summed E-state index contributed by atoms with van der Waals surface area (Å²) in [5.74, 6) is -0.486. The van der Waals surface area contributed by atoms with E-state index in [2.05, 4.69) is 5.32 Å². The van der Waals surface area contributed by atoms with Crippen molar-refractivity contribution in [1.82, 2.24) is 5.32 Å². The van der Waals surface area contributed by atoms with Crippen LogP contribution in [0.1, 0.15) is 47.5 Å². The normalized spacial score (nSPS) is 21.1. The summed E-state index contributed by atoms with van der Waals surface area (Å²) in [6.45, 7) is -0.0239. The van der Waals surface area contributed by atoms with Gasteiger partial charge in [0, 0.05) is 29.9 Å². The molecule has 0 bridgehead atoms. The number of alkyl carbamates (subject to hydrolysis) is 1. The van der Waals surface area contributed by atoms with E-state index in [-0.39, 0.29) is 31.8 Å². The lowest BCUT2D eigenvalue weighted by Gasteiger charge is -2.36. The van der Waals surface area contributed by atoms with Crippen LogP contribution >= 0.6 is 11.8 Å². The number of ether oxygens (including phenoxy) is 3. The van der Waals surface area contributed by atoms with E-state index >= 15 is 0 Å². The van der Waals surface area contributed by atoms with Gasteiger partial charge in [0.15, 0.2) is 12.5 Å². The number of nitrogens with one attached hydrogen (secondary N) is 1. The van der Waals surface area contributed by atoms with Gasteiger partial charge in [-0.15, -0.1) is 0 Å². The fraction of sp³-hybridized carbons (Fsp3) is 0.257. The molecule has 3 heterocycles. The van der Waals surface area contributed by atoms with E-state index in [1.54, 1.807) is 36.4 Å². The van der Waals surface area contributed by atoms with Crippen LogP contribution in [-0.2, 0) is 37.0 Å². The first-order valence-corrected chi connectivity index (χ1v) is 16.1. The average Bonchev–Trinajstić information content (AvgIpc) is 3.38. The zero-order valence-corrected chi connectivity index (χ0v) is 26.1. The number of amides is 3. The van der Waals surface area contributed by atoms with Gasteiger partial charge >= 0.3 is 6.09 Å². The summed E-state index contributed by atoms with van der Waals surface area (Å²) < 4.78 is 18.8. The fourth-order valence-corrected chi connectivity index (χ4v) is 6.36. The third-order valence-corrected chi connectivity index (χ3v) is 9.05. The van der Waals surface area contributed by atoms with Crippen molar-refractivity contribution in [1.29, 1.82) is 0 Å². The first-order chi connectivity index (χ1) is 22.9. The van der Waals surface area contributed by atoms with Gasteiger partial charge in [0.25, 0.3) is 10.9 Å². The van der Waals surface area contributed by atoms with Crippen molar-refractivity contribution < 1.29 is 38.4 Å². The number of anilines is 1. The lowest BCUT2D eigenvalue weighted by molar-refractivity contribution is -0.645. The van der Waals surface area contributed by atoms with Crippen molar-refractivity contribution in [2.75, 3.05) is 10.7 Å². The number of hydrogen-bond acceptors (Lipinski definition) is 9. The van der Waals surface area contributed by atoms with Crippen molar-refractivity contribution in [3.63, 3.8) is 0 Å². The monoisotopic (exact) mass is 655 g/mol. The van der Waals surface area contributed by atoms with Crippen LogP contribution in [0.3, 0.4) is 0 Å². The second kappa shape index (κ2) is 14.8. The zero-order valence-electron chi connectivity index (χ0n) is 25.3. The maximum atomic E-state index is 13.2. The van der Waals surface area contributed by atoms with Crippen molar-refractivity contribution in [2.45, 2.75) is 55.6 Å². The number of benzene rings is 3. The summed E-state index contributed by atoms with van der Waals surface area (Å²) in [5, 5.41) is 24.7. The minimum Gasteiger partial charge on any atom is -0.618 e. The topological polar surface area (TPSA) is 141 Å². The quantitative estimate of drug-likeness (QED) is 0.108. The molecular formula is C35H33N3O8S. The minimum absolute atomic E-state index is 0.0390. The van der Waals surface area contributed by atoms with E-state index < -0.39 is 30.2 Å². The van der Waals surface area contributed by atoms with Crippen LogP contribution in [0.15, 0.2) is 108 Å². The molecule has 4 atom stereocenters. The maximum Gasteiger partial charge on any atom is 0.408 e. The summed E-state index contributed by atoms with van der Waals surface area (Å²) in [4.78, 5) is 39.4. The molecule has 12 heteroatoms. The number of carbonyl (C=O) groups excluding carboxylic acids is 3. The summed E-state index contributed by atoms with van der Waals surface area (Å²) in [7, 11) is 0. The van der Waals surface area contributed by atoms with Gasteiger partial charge in [-0.3, -0.25) is 9.59 Å². The molecule has 0 saturated carbocycles. The molecule has 0 spiro atoms. The Hall–Kier alpha value is -4.75. The van der Waals surface area contributed by atoms with E-state index in [9.17, 15) is 24.7 Å². The Labute approximate surface area is 275 Å². The molecule has 2 aliphatic rings. The van der Waals surface area contributed by atoms with E-state index in [1.807, 2.05) is 60.7 Å². The van der Waals surface area contributed by atoms with Crippen LogP contribution in [0.5, 0.6) is 0 Å². The first kappa shape index (κ1) is 32.2. The summed E-state index contributed by atoms with van der Waals surface area (Å²) in [6.07, 6.45) is -0.321. The van der Waals surface area contributed by atoms with Gasteiger partial charge < -0.3 is 29.8 Å². The molecule has 2 saturated heterocycles. The molecule has 1 aromatic heterocycles. The molecule has 6 rings (SSSR count). The number of thioether (sulfide) groups is 1. The first-order valence-electron chi connectivity index (χ1n) is 15.1. The highest BCUT2D eigenvalue weighted by Crippen LogP contribution is 2.40. The average molecular weight is 656 g/mol. The number of aromatic nitrogens is 1. The Morgan fingerprint density at radius 2 is 1.66 bits per heavy atom. The largest absolute Gasteiger partial charge is 0.618 e. The molecule has 3 aromatic carbocycles. The third kappa shape index (κ3) is 7.80.